The molecule has 1 amide bonds. The summed E-state index contributed by atoms with van der Waals surface area (Å²) in [6.45, 7) is 0. The molecule has 2 aromatic carbocycles. The molecule has 8 heteroatoms. The number of hydrogen-bond donors (Lipinski definition) is 2. The van der Waals surface area contributed by atoms with Crippen molar-refractivity contribution in [1.82, 2.24) is 5.43 Å². The van der Waals surface area contributed by atoms with E-state index in [9.17, 15) is 22.4 Å². The van der Waals surface area contributed by atoms with Crippen LogP contribution >= 0.6 is 15.9 Å². The van der Waals surface area contributed by atoms with Crippen LogP contribution in [0.25, 0.3) is 0 Å². The predicted octanol–water partition coefficient (Wildman–Crippen LogP) is 4.36. The monoisotopic (exact) mass is 376 g/mol. The molecule has 3 nitrogen and oxygen atoms in total. The maximum Gasteiger partial charge on any atom is 0.418 e. The Morgan fingerprint density at radius 3 is 2.41 bits per heavy atom. The molecule has 0 fully saturated rings. The van der Waals surface area contributed by atoms with Gasteiger partial charge in [-0.1, -0.05) is 12.1 Å². The van der Waals surface area contributed by atoms with Crippen LogP contribution in [0.4, 0.5) is 23.2 Å². The second-order valence-corrected chi connectivity index (χ2v) is 5.10. The van der Waals surface area contributed by atoms with E-state index in [0.717, 1.165) is 18.2 Å². The van der Waals surface area contributed by atoms with Gasteiger partial charge in [0.2, 0.25) is 0 Å². The van der Waals surface area contributed by atoms with E-state index in [1.165, 1.54) is 24.3 Å². The van der Waals surface area contributed by atoms with Crippen molar-refractivity contribution in [2.75, 3.05) is 5.43 Å². The third-order valence-corrected chi connectivity index (χ3v) is 3.38. The van der Waals surface area contributed by atoms with Gasteiger partial charge in [-0.15, -0.1) is 0 Å². The molecule has 0 aliphatic carbocycles. The third kappa shape index (κ3) is 3.76. The summed E-state index contributed by atoms with van der Waals surface area (Å²) >= 11 is 3.01. The van der Waals surface area contributed by atoms with Crippen molar-refractivity contribution >= 4 is 27.5 Å². The average molecular weight is 377 g/mol. The van der Waals surface area contributed by atoms with Gasteiger partial charge in [0.15, 0.2) is 0 Å². The van der Waals surface area contributed by atoms with E-state index in [1.54, 1.807) is 0 Å². The van der Waals surface area contributed by atoms with Crippen molar-refractivity contribution in [3.8, 4) is 0 Å². The molecule has 0 saturated heterocycles. The molecule has 0 radical (unpaired) electrons. The molecular weight excluding hydrogens is 368 g/mol. The Hall–Kier alpha value is -2.09. The number of alkyl halides is 3. The fourth-order valence-electron chi connectivity index (χ4n) is 1.70. The highest BCUT2D eigenvalue weighted by Crippen LogP contribution is 2.34. The van der Waals surface area contributed by atoms with Gasteiger partial charge in [-0.25, -0.2) is 4.39 Å². The molecule has 116 valence electrons. The first kappa shape index (κ1) is 16.3. The van der Waals surface area contributed by atoms with E-state index in [2.05, 4.69) is 26.8 Å². The minimum Gasteiger partial charge on any atom is -0.298 e. The van der Waals surface area contributed by atoms with Crippen LogP contribution in [-0.4, -0.2) is 5.91 Å². The molecule has 0 aromatic heterocycles. The zero-order chi connectivity index (χ0) is 16.3. The summed E-state index contributed by atoms with van der Waals surface area (Å²) in [4.78, 5) is 11.9. The molecule has 2 N–H and O–H groups in total. The second kappa shape index (κ2) is 6.35. The number of nitrogens with one attached hydrogen (secondary N) is 2. The van der Waals surface area contributed by atoms with Crippen LogP contribution in [0.5, 0.6) is 0 Å². The Morgan fingerprint density at radius 2 is 1.77 bits per heavy atom. The van der Waals surface area contributed by atoms with Crippen molar-refractivity contribution in [2.24, 2.45) is 0 Å². The van der Waals surface area contributed by atoms with Gasteiger partial charge in [-0.2, -0.15) is 13.2 Å². The van der Waals surface area contributed by atoms with Crippen LogP contribution in [0.1, 0.15) is 15.9 Å². The number of halogens is 5. The molecule has 0 heterocycles. The quantitative estimate of drug-likeness (QED) is 0.617. The second-order valence-electron chi connectivity index (χ2n) is 4.25. The van der Waals surface area contributed by atoms with E-state index >= 15 is 0 Å². The van der Waals surface area contributed by atoms with Crippen molar-refractivity contribution in [3.63, 3.8) is 0 Å². The number of carbonyl (C=O) groups excluding carboxylic acids is 1. The zero-order valence-electron chi connectivity index (χ0n) is 10.8. The maximum absolute atomic E-state index is 12.9. The van der Waals surface area contributed by atoms with Gasteiger partial charge >= 0.3 is 6.18 Å². The normalized spacial score (nSPS) is 11.1. The molecule has 2 rings (SSSR count). The Kier molecular flexibility index (Phi) is 4.70. The van der Waals surface area contributed by atoms with Crippen LogP contribution in [0.2, 0.25) is 0 Å². The maximum atomic E-state index is 12.9. The van der Waals surface area contributed by atoms with E-state index in [4.69, 9.17) is 0 Å². The Morgan fingerprint density at radius 1 is 1.09 bits per heavy atom. The van der Waals surface area contributed by atoms with Crippen molar-refractivity contribution in [1.29, 1.82) is 0 Å². The summed E-state index contributed by atoms with van der Waals surface area (Å²) in [6, 6.07) is 8.09. The minimum absolute atomic E-state index is 0.0818. The van der Waals surface area contributed by atoms with Gasteiger partial charge in [0, 0.05) is 4.47 Å². The lowest BCUT2D eigenvalue weighted by Gasteiger charge is -2.15. The van der Waals surface area contributed by atoms with Gasteiger partial charge in [0.25, 0.3) is 5.91 Å². The van der Waals surface area contributed by atoms with Gasteiger partial charge in [0.1, 0.15) is 5.82 Å². The Bertz CT molecular complexity index is 703. The average Bonchev–Trinajstić information content (AvgIpc) is 2.44. The molecule has 2 aromatic rings. The number of amides is 1. The number of para-hydroxylation sites is 1. The number of rotatable bonds is 3. The molecule has 0 bridgehead atoms. The Labute approximate surface area is 131 Å². The topological polar surface area (TPSA) is 41.1 Å². The zero-order valence-corrected chi connectivity index (χ0v) is 12.4. The van der Waals surface area contributed by atoms with E-state index < -0.39 is 23.5 Å². The van der Waals surface area contributed by atoms with Crippen LogP contribution in [0, 0.1) is 5.82 Å². The number of hydrazine groups is 1. The summed E-state index contributed by atoms with van der Waals surface area (Å²) < 4.78 is 51.5. The summed E-state index contributed by atoms with van der Waals surface area (Å²) in [6.07, 6.45) is -4.55. The van der Waals surface area contributed by atoms with Crippen LogP contribution < -0.4 is 10.9 Å². The van der Waals surface area contributed by atoms with E-state index in [-0.39, 0.29) is 15.7 Å². The highest BCUT2D eigenvalue weighted by molar-refractivity contribution is 9.10. The van der Waals surface area contributed by atoms with E-state index in [0.29, 0.717) is 0 Å². The summed E-state index contributed by atoms with van der Waals surface area (Å²) in [5.74, 6) is -1.25. The number of hydrogen-bond acceptors (Lipinski definition) is 2. The third-order valence-electron chi connectivity index (χ3n) is 2.72. The first-order valence-electron chi connectivity index (χ1n) is 5.96. The first-order valence-corrected chi connectivity index (χ1v) is 6.76. The molecular formula is C14H9BrF4N2O. The lowest BCUT2D eigenvalue weighted by Crippen LogP contribution is -2.30. The number of carbonyl (C=O) groups is 1. The van der Waals surface area contributed by atoms with Gasteiger partial charge < -0.3 is 0 Å². The van der Waals surface area contributed by atoms with Crippen molar-refractivity contribution in [2.45, 2.75) is 6.18 Å². The highest BCUT2D eigenvalue weighted by atomic mass is 79.9. The minimum atomic E-state index is -4.55. The van der Waals surface area contributed by atoms with Crippen LogP contribution in [0.15, 0.2) is 46.9 Å². The molecule has 0 saturated carbocycles. The fourth-order valence-corrected chi connectivity index (χ4v) is 2.24. The molecule has 0 atom stereocenters. The van der Waals surface area contributed by atoms with Crippen LogP contribution in [0.3, 0.4) is 0 Å². The number of benzene rings is 2. The van der Waals surface area contributed by atoms with E-state index in [1.807, 2.05) is 0 Å². The van der Waals surface area contributed by atoms with Gasteiger partial charge in [0.05, 0.1) is 16.8 Å². The largest absolute Gasteiger partial charge is 0.418 e. The standard InChI is InChI=1S/C14H9BrF4N2O/c15-11-7-8(16)5-6-9(11)13(22)21-20-12-4-2-1-3-10(12)14(17,18)19/h1-7,20H,(H,21,22). The molecule has 0 spiro atoms. The lowest BCUT2D eigenvalue weighted by molar-refractivity contribution is -0.137. The fraction of sp³-hybridized carbons (Fsp3) is 0.0714. The van der Waals surface area contributed by atoms with Gasteiger partial charge in [-0.3, -0.25) is 15.6 Å². The first-order chi connectivity index (χ1) is 10.3. The number of anilines is 1. The summed E-state index contributed by atoms with van der Waals surface area (Å²) in [5, 5.41) is 0. The van der Waals surface area contributed by atoms with Crippen LogP contribution in [-0.2, 0) is 6.18 Å². The smallest absolute Gasteiger partial charge is 0.298 e. The predicted molar refractivity (Wildman–Crippen MR) is 76.6 cm³/mol. The molecule has 22 heavy (non-hydrogen) atoms. The highest BCUT2D eigenvalue weighted by Gasteiger charge is 2.33. The molecule has 0 aliphatic heterocycles. The van der Waals surface area contributed by atoms with Crippen molar-refractivity contribution in [3.05, 3.63) is 63.9 Å². The Balaban J connectivity index is 2.15. The molecule has 0 aliphatic rings. The van der Waals surface area contributed by atoms with Gasteiger partial charge in [-0.05, 0) is 46.3 Å². The lowest BCUT2D eigenvalue weighted by atomic mass is 10.2. The molecule has 0 unspecified atom stereocenters. The summed E-state index contributed by atoms with van der Waals surface area (Å²) in [5.41, 5.74) is 3.26. The van der Waals surface area contributed by atoms with Crippen molar-refractivity contribution < 1.29 is 22.4 Å². The SMILES string of the molecule is O=C(NNc1ccccc1C(F)(F)F)c1ccc(F)cc1Br. The summed E-state index contributed by atoms with van der Waals surface area (Å²) in [7, 11) is 0.